The summed E-state index contributed by atoms with van der Waals surface area (Å²) in [7, 11) is 0. The predicted molar refractivity (Wildman–Crippen MR) is 101 cm³/mol. The van der Waals surface area contributed by atoms with Crippen LogP contribution in [0.1, 0.15) is 19.8 Å². The second kappa shape index (κ2) is 7.99. The summed E-state index contributed by atoms with van der Waals surface area (Å²) in [5, 5.41) is 3.09. The van der Waals surface area contributed by atoms with Crippen LogP contribution in [0.25, 0.3) is 11.4 Å². The number of rotatable bonds is 6. The maximum atomic E-state index is 13.3. The van der Waals surface area contributed by atoms with Gasteiger partial charge < -0.3 is 5.32 Å². The first-order chi connectivity index (χ1) is 13.0. The molecule has 0 aliphatic heterocycles. The lowest BCUT2D eigenvalue weighted by Crippen LogP contribution is -2.39. The highest BCUT2D eigenvalue weighted by atomic mass is 19.1. The Morgan fingerprint density at radius 2 is 1.37 bits per heavy atom. The van der Waals surface area contributed by atoms with Crippen molar-refractivity contribution >= 4 is 5.82 Å². The minimum Gasteiger partial charge on any atom is -0.371 e. The number of halogens is 2. The topological polar surface area (TPSA) is 56.0 Å². The predicted octanol–water partition coefficient (Wildman–Crippen LogP) is 3.48. The van der Waals surface area contributed by atoms with Crippen LogP contribution < -0.4 is 16.6 Å². The number of benzene rings is 2. The Morgan fingerprint density at radius 3 is 1.89 bits per heavy atom. The van der Waals surface area contributed by atoms with Crippen molar-refractivity contribution in [1.82, 2.24) is 9.13 Å². The molecule has 0 aliphatic rings. The fourth-order valence-corrected chi connectivity index (χ4v) is 2.73. The van der Waals surface area contributed by atoms with Crippen molar-refractivity contribution in [1.29, 1.82) is 0 Å². The van der Waals surface area contributed by atoms with Gasteiger partial charge in [-0.3, -0.25) is 4.79 Å². The normalized spacial score (nSPS) is 10.8. The molecule has 0 spiro atoms. The first-order valence-corrected chi connectivity index (χ1v) is 8.66. The Balaban J connectivity index is 2.21. The van der Waals surface area contributed by atoms with Crippen LogP contribution in [0.4, 0.5) is 14.6 Å². The molecule has 0 unspecified atom stereocenters. The zero-order valence-electron chi connectivity index (χ0n) is 14.8. The Hall–Kier alpha value is -3.22. The zero-order chi connectivity index (χ0) is 19.4. The average Bonchev–Trinajstić information content (AvgIpc) is 2.64. The van der Waals surface area contributed by atoms with E-state index in [4.69, 9.17) is 0 Å². The molecule has 0 fully saturated rings. The van der Waals surface area contributed by atoms with E-state index in [0.29, 0.717) is 18.1 Å². The number of hydrogen-bond donors (Lipinski definition) is 1. The van der Waals surface area contributed by atoms with E-state index in [9.17, 15) is 18.4 Å². The van der Waals surface area contributed by atoms with Crippen molar-refractivity contribution in [3.63, 3.8) is 0 Å². The monoisotopic (exact) mass is 371 g/mol. The summed E-state index contributed by atoms with van der Waals surface area (Å²) in [5.41, 5.74) is -0.498. The molecule has 2 aromatic carbocycles. The number of nitrogens with zero attached hydrogens (tertiary/aromatic N) is 2. The van der Waals surface area contributed by atoms with Crippen molar-refractivity contribution < 1.29 is 8.78 Å². The lowest BCUT2D eigenvalue weighted by Gasteiger charge is -2.16. The Morgan fingerprint density at radius 1 is 0.852 bits per heavy atom. The average molecular weight is 371 g/mol. The van der Waals surface area contributed by atoms with Gasteiger partial charge in [0.05, 0.1) is 11.4 Å². The van der Waals surface area contributed by atoms with Crippen molar-refractivity contribution in [3.05, 3.63) is 87.1 Å². The molecule has 0 aliphatic carbocycles. The lowest BCUT2D eigenvalue weighted by molar-refractivity contribution is 0.626. The van der Waals surface area contributed by atoms with Crippen LogP contribution >= 0.6 is 0 Å². The van der Waals surface area contributed by atoms with E-state index in [-0.39, 0.29) is 5.69 Å². The first kappa shape index (κ1) is 18.6. The van der Waals surface area contributed by atoms with Crippen LogP contribution in [0.3, 0.4) is 0 Å². The molecule has 0 saturated carbocycles. The fourth-order valence-electron chi connectivity index (χ4n) is 2.73. The third-order valence-corrected chi connectivity index (χ3v) is 4.11. The number of unbranched alkanes of at least 4 members (excludes halogenated alkanes) is 1. The molecule has 0 saturated heterocycles. The van der Waals surface area contributed by atoms with E-state index in [2.05, 4.69) is 5.32 Å². The van der Waals surface area contributed by atoms with Crippen LogP contribution in [0, 0.1) is 11.6 Å². The highest BCUT2D eigenvalue weighted by molar-refractivity contribution is 5.46. The van der Waals surface area contributed by atoms with Gasteiger partial charge in [-0.15, -0.1) is 0 Å². The standard InChI is InChI=1S/C20H19F2N3O2/c1-2-3-12-23-18-13-19(26)25(17-10-6-15(22)7-11-17)20(27)24(18)16-8-4-14(21)5-9-16/h4-11,13,23H,2-3,12H2,1H3. The summed E-state index contributed by atoms with van der Waals surface area (Å²) < 4.78 is 28.8. The summed E-state index contributed by atoms with van der Waals surface area (Å²) in [6.07, 6.45) is 1.80. The molecule has 27 heavy (non-hydrogen) atoms. The summed E-state index contributed by atoms with van der Waals surface area (Å²) >= 11 is 0. The van der Waals surface area contributed by atoms with E-state index in [1.165, 1.54) is 59.2 Å². The summed E-state index contributed by atoms with van der Waals surface area (Å²) in [5.74, 6) is -0.578. The molecule has 1 aromatic heterocycles. The zero-order valence-corrected chi connectivity index (χ0v) is 14.8. The van der Waals surface area contributed by atoms with Crippen molar-refractivity contribution in [2.75, 3.05) is 11.9 Å². The molecular formula is C20H19F2N3O2. The molecule has 3 aromatic rings. The quantitative estimate of drug-likeness (QED) is 0.675. The lowest BCUT2D eigenvalue weighted by atomic mass is 10.3. The first-order valence-electron chi connectivity index (χ1n) is 8.66. The fraction of sp³-hybridized carbons (Fsp3) is 0.200. The van der Waals surface area contributed by atoms with Gasteiger partial charge in [-0.2, -0.15) is 0 Å². The van der Waals surface area contributed by atoms with Crippen molar-refractivity contribution in [3.8, 4) is 11.4 Å². The highest BCUT2D eigenvalue weighted by Crippen LogP contribution is 2.14. The molecule has 5 nitrogen and oxygen atoms in total. The van der Waals surface area contributed by atoms with Crippen LogP contribution in [-0.2, 0) is 0 Å². The number of nitrogens with one attached hydrogen (secondary N) is 1. The van der Waals surface area contributed by atoms with Gasteiger partial charge >= 0.3 is 5.69 Å². The minimum absolute atomic E-state index is 0.252. The third-order valence-electron chi connectivity index (χ3n) is 4.11. The summed E-state index contributed by atoms with van der Waals surface area (Å²) in [4.78, 5) is 25.7. The second-order valence-corrected chi connectivity index (χ2v) is 6.05. The summed E-state index contributed by atoms with van der Waals surface area (Å²) in [6, 6.07) is 11.8. The van der Waals surface area contributed by atoms with Crippen LogP contribution in [0.5, 0.6) is 0 Å². The molecule has 0 radical (unpaired) electrons. The van der Waals surface area contributed by atoms with Gasteiger partial charge in [-0.25, -0.2) is 22.7 Å². The van der Waals surface area contributed by atoms with Gasteiger partial charge in [0.15, 0.2) is 0 Å². The van der Waals surface area contributed by atoms with Gasteiger partial charge in [0.1, 0.15) is 17.5 Å². The molecule has 7 heteroatoms. The van der Waals surface area contributed by atoms with Gasteiger partial charge in [0.25, 0.3) is 5.56 Å². The molecule has 3 rings (SSSR count). The van der Waals surface area contributed by atoms with Crippen LogP contribution in [-0.4, -0.2) is 15.7 Å². The number of aromatic nitrogens is 2. The maximum Gasteiger partial charge on any atom is 0.341 e. The number of anilines is 1. The molecule has 0 atom stereocenters. The van der Waals surface area contributed by atoms with Gasteiger partial charge in [0, 0.05) is 12.6 Å². The summed E-state index contributed by atoms with van der Waals surface area (Å²) in [6.45, 7) is 2.61. The van der Waals surface area contributed by atoms with E-state index in [1.807, 2.05) is 6.92 Å². The maximum absolute atomic E-state index is 13.3. The Kier molecular flexibility index (Phi) is 5.49. The van der Waals surface area contributed by atoms with E-state index >= 15 is 0 Å². The Labute approximate surface area is 154 Å². The molecule has 140 valence electrons. The smallest absolute Gasteiger partial charge is 0.341 e. The van der Waals surface area contributed by atoms with E-state index < -0.39 is 22.9 Å². The molecule has 1 N–H and O–H groups in total. The largest absolute Gasteiger partial charge is 0.371 e. The van der Waals surface area contributed by atoms with Gasteiger partial charge in [0.2, 0.25) is 0 Å². The minimum atomic E-state index is -0.625. The molecule has 0 bridgehead atoms. The second-order valence-electron chi connectivity index (χ2n) is 6.05. The molecule has 0 amide bonds. The third kappa shape index (κ3) is 3.97. The van der Waals surface area contributed by atoms with Crippen molar-refractivity contribution in [2.45, 2.75) is 19.8 Å². The van der Waals surface area contributed by atoms with Crippen LogP contribution in [0.2, 0.25) is 0 Å². The highest BCUT2D eigenvalue weighted by Gasteiger charge is 2.14. The molecule has 1 heterocycles. The van der Waals surface area contributed by atoms with E-state index in [1.54, 1.807) is 0 Å². The molecular weight excluding hydrogens is 352 g/mol. The van der Waals surface area contributed by atoms with Gasteiger partial charge in [-0.05, 0) is 55.0 Å². The number of hydrogen-bond acceptors (Lipinski definition) is 3. The van der Waals surface area contributed by atoms with Crippen molar-refractivity contribution in [2.24, 2.45) is 0 Å². The SMILES string of the molecule is CCCCNc1cc(=O)n(-c2ccc(F)cc2)c(=O)n1-c1ccc(F)cc1. The van der Waals surface area contributed by atoms with Crippen LogP contribution in [0.15, 0.2) is 64.2 Å². The Bertz CT molecular complexity index is 1040. The van der Waals surface area contributed by atoms with Gasteiger partial charge in [-0.1, -0.05) is 13.3 Å². The van der Waals surface area contributed by atoms with E-state index in [0.717, 1.165) is 17.4 Å².